The number of rotatable bonds is 12. The summed E-state index contributed by atoms with van der Waals surface area (Å²) in [5, 5.41) is 3.84. The second kappa shape index (κ2) is 12.5. The summed E-state index contributed by atoms with van der Waals surface area (Å²) < 4.78 is 45.7. The van der Waals surface area contributed by atoms with Gasteiger partial charge in [0.25, 0.3) is 0 Å². The van der Waals surface area contributed by atoms with Crippen molar-refractivity contribution in [3.63, 3.8) is 0 Å². The highest BCUT2D eigenvalue weighted by Gasteiger charge is 2.40. The van der Waals surface area contributed by atoms with Crippen molar-refractivity contribution in [2.24, 2.45) is 0 Å². The number of benzene rings is 3. The third kappa shape index (κ3) is 6.80. The van der Waals surface area contributed by atoms with Crippen LogP contribution < -0.4 is 9.61 Å². The number of halogens is 1. The summed E-state index contributed by atoms with van der Waals surface area (Å²) in [6, 6.07) is 16.6. The zero-order valence-corrected chi connectivity index (χ0v) is 21.1. The monoisotopic (exact) mass is 513 g/mol. The molecule has 3 aromatic carbocycles. The van der Waals surface area contributed by atoms with Gasteiger partial charge in [0.15, 0.2) is 0 Å². The molecule has 3 atom stereocenters. The first-order chi connectivity index (χ1) is 17.3. The van der Waals surface area contributed by atoms with Crippen LogP contribution in [-0.2, 0) is 18.8 Å². The Morgan fingerprint density at radius 2 is 1.78 bits per heavy atom. The maximum absolute atomic E-state index is 16.0. The minimum Gasteiger partial charge on any atom is -0.465 e. The molecule has 36 heavy (non-hydrogen) atoms. The smallest absolute Gasteiger partial charge is 0.355 e. The van der Waals surface area contributed by atoms with Crippen molar-refractivity contribution in [3.8, 4) is 5.75 Å². The van der Waals surface area contributed by atoms with Gasteiger partial charge in [-0.2, -0.15) is 0 Å². The molecule has 0 aliphatic carbocycles. The molecule has 3 aromatic rings. The standard InChI is InChI=1S/C27H29FNO6P/c1-4-15-33-26(30)19(3)29-36(32,35-24-9-7-6-8-10-24)25(28)21-13-11-20-12-14-22(18-23(20)17-21)27(31)34-16-5-2/h5-14,17-19,25H,2,4,15-16H2,1,3H3,(H,29,32). The molecular formula is C27H29FNO6P. The average Bonchev–Trinajstić information content (AvgIpc) is 2.89. The lowest BCUT2D eigenvalue weighted by molar-refractivity contribution is -0.145. The van der Waals surface area contributed by atoms with Gasteiger partial charge in [0.1, 0.15) is 18.4 Å². The van der Waals surface area contributed by atoms with Crippen LogP contribution in [0.5, 0.6) is 5.75 Å². The minimum absolute atomic E-state index is 0.0556. The molecule has 0 fully saturated rings. The third-order valence-corrected chi connectivity index (χ3v) is 7.29. The highest BCUT2D eigenvalue weighted by Crippen LogP contribution is 2.57. The Labute approximate surface area is 209 Å². The third-order valence-electron chi connectivity index (χ3n) is 5.17. The van der Waals surface area contributed by atoms with Gasteiger partial charge < -0.3 is 14.0 Å². The number of alkyl halides is 1. The summed E-state index contributed by atoms with van der Waals surface area (Å²) in [6.45, 7) is 7.05. The van der Waals surface area contributed by atoms with Crippen molar-refractivity contribution >= 4 is 30.2 Å². The number of nitrogens with one attached hydrogen (secondary N) is 1. The van der Waals surface area contributed by atoms with Crippen LogP contribution in [-0.4, -0.2) is 31.2 Å². The highest BCUT2D eigenvalue weighted by molar-refractivity contribution is 7.57. The van der Waals surface area contributed by atoms with Crippen LogP contribution in [0.3, 0.4) is 0 Å². The summed E-state index contributed by atoms with van der Waals surface area (Å²) in [5.41, 5.74) is 0.339. The average molecular weight is 514 g/mol. The lowest BCUT2D eigenvalue weighted by Gasteiger charge is -2.26. The van der Waals surface area contributed by atoms with Gasteiger partial charge in [-0.15, -0.1) is 0 Å². The number of hydrogen-bond donors (Lipinski definition) is 1. The zero-order valence-electron chi connectivity index (χ0n) is 20.2. The number of para-hydroxylation sites is 1. The van der Waals surface area contributed by atoms with Crippen LogP contribution in [0.25, 0.3) is 10.8 Å². The summed E-state index contributed by atoms with van der Waals surface area (Å²) >= 11 is 0. The fraction of sp³-hybridized carbons (Fsp3) is 0.259. The van der Waals surface area contributed by atoms with Crippen LogP contribution in [0, 0.1) is 0 Å². The Morgan fingerprint density at radius 3 is 2.47 bits per heavy atom. The van der Waals surface area contributed by atoms with Crippen LogP contribution in [0.15, 0.2) is 79.4 Å². The number of esters is 2. The zero-order chi connectivity index (χ0) is 26.1. The molecule has 3 unspecified atom stereocenters. The number of ether oxygens (including phenoxy) is 2. The van der Waals surface area contributed by atoms with Crippen molar-refractivity contribution in [3.05, 3.63) is 90.5 Å². The molecule has 190 valence electrons. The molecule has 0 saturated heterocycles. The van der Waals surface area contributed by atoms with Gasteiger partial charge in [-0.25, -0.2) is 14.3 Å². The number of carbonyl (C=O) groups excluding carboxylic acids is 2. The van der Waals surface area contributed by atoms with Gasteiger partial charge >= 0.3 is 19.5 Å². The molecule has 0 amide bonds. The molecule has 0 aromatic heterocycles. The number of fused-ring (bicyclic) bond motifs is 1. The van der Waals surface area contributed by atoms with Crippen LogP contribution >= 0.6 is 7.52 Å². The molecule has 9 heteroatoms. The Morgan fingerprint density at radius 1 is 1.06 bits per heavy atom. The summed E-state index contributed by atoms with van der Waals surface area (Å²) in [6.07, 6.45) is 2.07. The number of carbonyl (C=O) groups is 2. The molecule has 0 aliphatic heterocycles. The van der Waals surface area contributed by atoms with E-state index in [1.54, 1.807) is 54.6 Å². The van der Waals surface area contributed by atoms with E-state index >= 15 is 4.39 Å². The summed E-state index contributed by atoms with van der Waals surface area (Å²) in [4.78, 5) is 24.5. The lowest BCUT2D eigenvalue weighted by atomic mass is 10.0. The molecule has 0 spiro atoms. The van der Waals surface area contributed by atoms with Gasteiger partial charge in [0.2, 0.25) is 5.91 Å². The maximum atomic E-state index is 16.0. The van der Waals surface area contributed by atoms with E-state index in [2.05, 4.69) is 11.7 Å². The summed E-state index contributed by atoms with van der Waals surface area (Å²) in [5.74, 6) is -3.15. The van der Waals surface area contributed by atoms with Crippen LogP contribution in [0.4, 0.5) is 4.39 Å². The maximum Gasteiger partial charge on any atom is 0.355 e. The minimum atomic E-state index is -4.34. The van der Waals surface area contributed by atoms with Crippen molar-refractivity contribution in [1.29, 1.82) is 0 Å². The first-order valence-corrected chi connectivity index (χ1v) is 13.2. The Kier molecular flexibility index (Phi) is 9.39. The molecule has 7 nitrogen and oxygen atoms in total. The first-order valence-electron chi connectivity index (χ1n) is 11.5. The second-order valence-corrected chi connectivity index (χ2v) is 10.2. The highest BCUT2D eigenvalue weighted by atomic mass is 31.2. The number of hydrogen-bond acceptors (Lipinski definition) is 6. The van der Waals surface area contributed by atoms with E-state index < -0.39 is 31.4 Å². The van der Waals surface area contributed by atoms with Gasteiger partial charge in [-0.05, 0) is 60.0 Å². The first kappa shape index (κ1) is 27.1. The van der Waals surface area contributed by atoms with E-state index in [4.69, 9.17) is 14.0 Å². The van der Waals surface area contributed by atoms with Crippen molar-refractivity contribution < 1.29 is 32.5 Å². The molecule has 1 N–H and O–H groups in total. The molecule has 0 aliphatic rings. The van der Waals surface area contributed by atoms with Crippen LogP contribution in [0.1, 0.15) is 42.1 Å². The predicted octanol–water partition coefficient (Wildman–Crippen LogP) is 6.35. The van der Waals surface area contributed by atoms with E-state index in [1.807, 2.05) is 6.92 Å². The van der Waals surface area contributed by atoms with E-state index in [0.29, 0.717) is 11.8 Å². The van der Waals surface area contributed by atoms with E-state index in [-0.39, 0.29) is 30.1 Å². The fourth-order valence-electron chi connectivity index (χ4n) is 3.38. The summed E-state index contributed by atoms with van der Waals surface area (Å²) in [7, 11) is -4.34. The largest absolute Gasteiger partial charge is 0.465 e. The molecule has 0 saturated carbocycles. The second-order valence-electron chi connectivity index (χ2n) is 8.06. The molecule has 3 rings (SSSR count). The normalized spacial score (nSPS) is 14.3. The van der Waals surface area contributed by atoms with Gasteiger partial charge in [-0.3, -0.25) is 9.36 Å². The molecule has 0 heterocycles. The van der Waals surface area contributed by atoms with E-state index in [9.17, 15) is 14.2 Å². The van der Waals surface area contributed by atoms with Crippen molar-refractivity contribution in [2.45, 2.75) is 32.2 Å². The SMILES string of the molecule is C=CCOC(=O)c1ccc2ccc(C(F)P(=O)(NC(C)C(=O)OCCC)Oc3ccccc3)cc2c1. The molecule has 0 bridgehead atoms. The Hall–Kier alpha value is -3.48. The van der Waals surface area contributed by atoms with E-state index in [1.165, 1.54) is 25.1 Å². The quantitative estimate of drug-likeness (QED) is 0.171. The lowest BCUT2D eigenvalue weighted by Crippen LogP contribution is -2.35. The molecular weight excluding hydrogens is 484 g/mol. The van der Waals surface area contributed by atoms with E-state index in [0.717, 1.165) is 5.39 Å². The Bertz CT molecular complexity index is 1270. The van der Waals surface area contributed by atoms with Gasteiger partial charge in [-0.1, -0.05) is 56.0 Å². The van der Waals surface area contributed by atoms with Crippen molar-refractivity contribution in [1.82, 2.24) is 5.09 Å². The fourth-order valence-corrected chi connectivity index (χ4v) is 5.29. The topological polar surface area (TPSA) is 90.9 Å². The van der Waals surface area contributed by atoms with Gasteiger partial charge in [0.05, 0.1) is 12.2 Å². The van der Waals surface area contributed by atoms with Crippen molar-refractivity contribution in [2.75, 3.05) is 13.2 Å². The molecule has 0 radical (unpaired) electrons. The van der Waals surface area contributed by atoms with Crippen LogP contribution in [0.2, 0.25) is 0 Å². The Balaban J connectivity index is 1.95. The van der Waals surface area contributed by atoms with Gasteiger partial charge in [0, 0.05) is 0 Å². The predicted molar refractivity (Wildman–Crippen MR) is 137 cm³/mol.